The van der Waals surface area contributed by atoms with Gasteiger partial charge >= 0.3 is 0 Å². The standard InChI is InChI=1S/C15H29N3O2S/c1-13-6-11-17(12-7-13)21(19,20)18-10-2-3-15(18)14-4-8-16-9-5-14/h13-16H,2-12H2,1H3. The Morgan fingerprint density at radius 3 is 2.29 bits per heavy atom. The van der Waals surface area contributed by atoms with Crippen LogP contribution >= 0.6 is 0 Å². The molecule has 0 aromatic carbocycles. The number of hydrogen-bond donors (Lipinski definition) is 1. The third kappa shape index (κ3) is 3.28. The third-order valence-electron chi connectivity index (χ3n) is 5.54. The van der Waals surface area contributed by atoms with Gasteiger partial charge in [0.05, 0.1) is 0 Å². The number of nitrogens with zero attached hydrogens (tertiary/aromatic N) is 2. The molecule has 3 aliphatic heterocycles. The quantitative estimate of drug-likeness (QED) is 0.857. The van der Waals surface area contributed by atoms with E-state index in [9.17, 15) is 8.42 Å². The first-order valence-corrected chi connectivity index (χ1v) is 9.96. The molecule has 0 aromatic rings. The van der Waals surface area contributed by atoms with Crippen molar-refractivity contribution in [1.29, 1.82) is 0 Å². The maximum absolute atomic E-state index is 13.0. The van der Waals surface area contributed by atoms with Gasteiger partial charge in [0.15, 0.2) is 0 Å². The Kier molecular flexibility index (Phi) is 4.88. The summed E-state index contributed by atoms with van der Waals surface area (Å²) in [5, 5.41) is 3.38. The summed E-state index contributed by atoms with van der Waals surface area (Å²) in [5.41, 5.74) is 0. The molecular weight excluding hydrogens is 286 g/mol. The van der Waals surface area contributed by atoms with Crippen LogP contribution in [0.5, 0.6) is 0 Å². The summed E-state index contributed by atoms with van der Waals surface area (Å²) in [6, 6.07) is 0.247. The number of piperidine rings is 2. The van der Waals surface area contributed by atoms with Gasteiger partial charge in [-0.3, -0.25) is 0 Å². The third-order valence-corrected chi connectivity index (χ3v) is 7.61. The average Bonchev–Trinajstić information content (AvgIpc) is 2.99. The highest BCUT2D eigenvalue weighted by Crippen LogP contribution is 2.33. The second kappa shape index (κ2) is 6.52. The molecule has 0 radical (unpaired) electrons. The van der Waals surface area contributed by atoms with Gasteiger partial charge in [0, 0.05) is 25.7 Å². The van der Waals surface area contributed by atoms with E-state index in [1.807, 2.05) is 4.31 Å². The Labute approximate surface area is 129 Å². The lowest BCUT2D eigenvalue weighted by molar-refractivity contribution is 0.211. The van der Waals surface area contributed by atoms with E-state index in [0.29, 0.717) is 24.9 Å². The van der Waals surface area contributed by atoms with Crippen LogP contribution in [0.3, 0.4) is 0 Å². The van der Waals surface area contributed by atoms with Crippen LogP contribution in [0.15, 0.2) is 0 Å². The summed E-state index contributed by atoms with van der Waals surface area (Å²) in [6.07, 6.45) is 6.32. The van der Waals surface area contributed by atoms with Crippen LogP contribution in [0.25, 0.3) is 0 Å². The van der Waals surface area contributed by atoms with Gasteiger partial charge in [-0.25, -0.2) is 0 Å². The predicted molar refractivity (Wildman–Crippen MR) is 84.2 cm³/mol. The molecule has 5 nitrogen and oxygen atoms in total. The van der Waals surface area contributed by atoms with Gasteiger partial charge in [-0.2, -0.15) is 17.0 Å². The SMILES string of the molecule is CC1CCN(S(=O)(=O)N2CCCC2C2CCNCC2)CC1. The smallest absolute Gasteiger partial charge is 0.282 e. The molecule has 3 rings (SSSR count). The molecule has 3 aliphatic rings. The fraction of sp³-hybridized carbons (Fsp3) is 1.00. The highest BCUT2D eigenvalue weighted by molar-refractivity contribution is 7.86. The summed E-state index contributed by atoms with van der Waals surface area (Å²) in [6.45, 7) is 6.44. The zero-order chi connectivity index (χ0) is 14.9. The zero-order valence-corrected chi connectivity index (χ0v) is 13.9. The van der Waals surface area contributed by atoms with Crippen molar-refractivity contribution in [1.82, 2.24) is 13.9 Å². The van der Waals surface area contributed by atoms with Gasteiger partial charge < -0.3 is 5.32 Å². The molecule has 0 aromatic heterocycles. The summed E-state index contributed by atoms with van der Waals surface area (Å²) in [4.78, 5) is 0. The monoisotopic (exact) mass is 315 g/mol. The lowest BCUT2D eigenvalue weighted by Crippen LogP contribution is -2.51. The van der Waals surface area contributed by atoms with Crippen LogP contribution in [-0.4, -0.2) is 55.8 Å². The van der Waals surface area contributed by atoms with E-state index < -0.39 is 10.2 Å². The molecule has 3 saturated heterocycles. The number of nitrogens with one attached hydrogen (secondary N) is 1. The Morgan fingerprint density at radius 2 is 1.62 bits per heavy atom. The van der Waals surface area contributed by atoms with E-state index in [4.69, 9.17) is 0 Å². The van der Waals surface area contributed by atoms with Crippen molar-refractivity contribution >= 4 is 10.2 Å². The number of hydrogen-bond acceptors (Lipinski definition) is 3. The van der Waals surface area contributed by atoms with Gasteiger partial charge in [-0.05, 0) is 63.5 Å². The first kappa shape index (κ1) is 15.7. The Bertz CT molecular complexity index is 440. The van der Waals surface area contributed by atoms with Crippen LogP contribution in [0.1, 0.15) is 45.4 Å². The summed E-state index contributed by atoms with van der Waals surface area (Å²) in [7, 11) is -3.24. The van der Waals surface area contributed by atoms with Gasteiger partial charge in [0.25, 0.3) is 10.2 Å². The average molecular weight is 315 g/mol. The van der Waals surface area contributed by atoms with Crippen molar-refractivity contribution in [3.8, 4) is 0 Å². The van der Waals surface area contributed by atoms with E-state index >= 15 is 0 Å². The minimum atomic E-state index is -3.24. The highest BCUT2D eigenvalue weighted by Gasteiger charge is 2.42. The van der Waals surface area contributed by atoms with E-state index in [0.717, 1.165) is 58.2 Å². The first-order chi connectivity index (χ1) is 10.1. The van der Waals surface area contributed by atoms with E-state index in [2.05, 4.69) is 12.2 Å². The molecule has 0 amide bonds. The van der Waals surface area contributed by atoms with E-state index in [1.54, 1.807) is 4.31 Å². The van der Waals surface area contributed by atoms with Crippen LogP contribution in [-0.2, 0) is 10.2 Å². The molecule has 1 N–H and O–H groups in total. The minimum absolute atomic E-state index is 0.247. The molecule has 0 aliphatic carbocycles. The Hall–Kier alpha value is -0.170. The molecule has 3 heterocycles. The summed E-state index contributed by atoms with van der Waals surface area (Å²) < 4.78 is 29.6. The molecule has 1 atom stereocenters. The Balaban J connectivity index is 1.71. The number of rotatable bonds is 3. The molecule has 6 heteroatoms. The second-order valence-electron chi connectivity index (χ2n) is 7.00. The fourth-order valence-corrected chi connectivity index (χ4v) is 6.06. The maximum atomic E-state index is 13.0. The molecule has 0 spiro atoms. The van der Waals surface area contributed by atoms with Crippen molar-refractivity contribution in [2.45, 2.75) is 51.5 Å². The van der Waals surface area contributed by atoms with Crippen molar-refractivity contribution in [2.24, 2.45) is 11.8 Å². The first-order valence-electron chi connectivity index (χ1n) is 8.56. The minimum Gasteiger partial charge on any atom is -0.317 e. The van der Waals surface area contributed by atoms with Crippen LogP contribution in [0, 0.1) is 11.8 Å². The van der Waals surface area contributed by atoms with Gasteiger partial charge in [0.1, 0.15) is 0 Å². The molecule has 3 fully saturated rings. The predicted octanol–water partition coefficient (Wildman–Crippen LogP) is 1.43. The van der Waals surface area contributed by atoms with Crippen molar-refractivity contribution < 1.29 is 8.42 Å². The summed E-state index contributed by atoms with van der Waals surface area (Å²) >= 11 is 0. The second-order valence-corrected chi connectivity index (χ2v) is 8.88. The molecular formula is C15H29N3O2S. The van der Waals surface area contributed by atoms with Crippen LogP contribution < -0.4 is 5.32 Å². The largest absolute Gasteiger partial charge is 0.317 e. The summed E-state index contributed by atoms with van der Waals surface area (Å²) in [5.74, 6) is 1.21. The van der Waals surface area contributed by atoms with Crippen molar-refractivity contribution in [3.63, 3.8) is 0 Å². The van der Waals surface area contributed by atoms with Crippen molar-refractivity contribution in [3.05, 3.63) is 0 Å². The zero-order valence-electron chi connectivity index (χ0n) is 13.1. The van der Waals surface area contributed by atoms with E-state index in [1.165, 1.54) is 0 Å². The molecule has 122 valence electrons. The molecule has 0 bridgehead atoms. The molecule has 1 unspecified atom stereocenters. The van der Waals surface area contributed by atoms with Gasteiger partial charge in [-0.15, -0.1) is 0 Å². The van der Waals surface area contributed by atoms with Gasteiger partial charge in [0.2, 0.25) is 0 Å². The van der Waals surface area contributed by atoms with Crippen molar-refractivity contribution in [2.75, 3.05) is 32.7 Å². The molecule has 0 saturated carbocycles. The maximum Gasteiger partial charge on any atom is 0.282 e. The molecule has 21 heavy (non-hydrogen) atoms. The fourth-order valence-electron chi connectivity index (χ4n) is 4.12. The highest BCUT2D eigenvalue weighted by atomic mass is 32.2. The van der Waals surface area contributed by atoms with E-state index in [-0.39, 0.29) is 6.04 Å². The normalized spacial score (nSPS) is 31.8. The Morgan fingerprint density at radius 1 is 0.952 bits per heavy atom. The lowest BCUT2D eigenvalue weighted by Gasteiger charge is -2.38. The topological polar surface area (TPSA) is 52.7 Å². The lowest BCUT2D eigenvalue weighted by atomic mass is 9.89. The van der Waals surface area contributed by atoms with Gasteiger partial charge in [-0.1, -0.05) is 6.92 Å². The van der Waals surface area contributed by atoms with Crippen LogP contribution in [0.2, 0.25) is 0 Å². The van der Waals surface area contributed by atoms with Crippen LogP contribution in [0.4, 0.5) is 0 Å².